The van der Waals surface area contributed by atoms with Gasteiger partial charge in [0.2, 0.25) is 0 Å². The number of aromatic nitrogens is 3. The fraction of sp³-hybridized carbons (Fsp3) is 0.571. The minimum atomic E-state index is -4.49. The summed E-state index contributed by atoms with van der Waals surface area (Å²) in [6.07, 6.45) is -0.552. The van der Waals surface area contributed by atoms with Gasteiger partial charge in [-0.2, -0.15) is 18.3 Å². The lowest BCUT2D eigenvalue weighted by molar-refractivity contribution is -0.271. The van der Waals surface area contributed by atoms with Gasteiger partial charge in [0.05, 0.1) is 10.9 Å². The summed E-state index contributed by atoms with van der Waals surface area (Å²) in [7, 11) is 3.13. The fourth-order valence-corrected chi connectivity index (χ4v) is 2.98. The summed E-state index contributed by atoms with van der Waals surface area (Å²) >= 11 is 0. The van der Waals surface area contributed by atoms with E-state index in [4.69, 9.17) is 9.47 Å². The highest BCUT2D eigenvalue weighted by atomic mass is 19.4. The number of methoxy groups -OCH3 is 2. The van der Waals surface area contributed by atoms with Crippen molar-refractivity contribution < 1.29 is 22.6 Å². The van der Waals surface area contributed by atoms with Crippen molar-refractivity contribution in [2.45, 2.75) is 31.3 Å². The van der Waals surface area contributed by atoms with Crippen LogP contribution in [0, 0.1) is 5.92 Å². The molecule has 0 bridgehead atoms. The molecule has 0 amide bonds. The Kier molecular flexibility index (Phi) is 3.60. The smallest absolute Gasteiger partial charge is 0.353 e. The predicted octanol–water partition coefficient (Wildman–Crippen LogP) is 2.85. The van der Waals surface area contributed by atoms with Crippen LogP contribution in [0.15, 0.2) is 18.5 Å². The number of hydrogen-bond donors (Lipinski definition) is 0. The normalized spacial score (nSPS) is 18.6. The summed E-state index contributed by atoms with van der Waals surface area (Å²) in [6.45, 7) is 0.394. The van der Waals surface area contributed by atoms with E-state index in [1.54, 1.807) is 20.3 Å². The maximum Gasteiger partial charge on any atom is 0.435 e. The first-order valence-electron chi connectivity index (χ1n) is 6.86. The van der Waals surface area contributed by atoms with Gasteiger partial charge >= 0.3 is 6.18 Å². The van der Waals surface area contributed by atoms with E-state index in [2.05, 4.69) is 10.1 Å². The lowest BCUT2D eigenvalue weighted by Gasteiger charge is -2.45. The second kappa shape index (κ2) is 5.20. The fourth-order valence-electron chi connectivity index (χ4n) is 2.98. The van der Waals surface area contributed by atoms with Crippen LogP contribution >= 0.6 is 0 Å². The third-order valence-corrected chi connectivity index (χ3v) is 4.19. The molecular formula is C14H16F3N3O2. The predicted molar refractivity (Wildman–Crippen MR) is 72.0 cm³/mol. The molecule has 3 rings (SSSR count). The minimum absolute atomic E-state index is 0.0269. The summed E-state index contributed by atoms with van der Waals surface area (Å²) in [6, 6.07) is 1.55. The van der Waals surface area contributed by atoms with Crippen molar-refractivity contribution in [3.05, 3.63) is 24.2 Å². The number of rotatable bonds is 4. The molecule has 0 N–H and O–H groups in total. The zero-order chi connectivity index (χ0) is 16.0. The average molecular weight is 315 g/mol. The quantitative estimate of drug-likeness (QED) is 0.814. The first kappa shape index (κ1) is 15.2. The van der Waals surface area contributed by atoms with Gasteiger partial charge in [-0.05, 0) is 12.0 Å². The lowest BCUT2D eigenvalue weighted by Crippen LogP contribution is -2.48. The van der Waals surface area contributed by atoms with Gasteiger partial charge in [-0.3, -0.25) is 9.67 Å². The molecule has 22 heavy (non-hydrogen) atoms. The van der Waals surface area contributed by atoms with Crippen LogP contribution < -0.4 is 0 Å². The monoisotopic (exact) mass is 315 g/mol. The van der Waals surface area contributed by atoms with Crippen molar-refractivity contribution in [2.24, 2.45) is 5.92 Å². The Bertz CT molecular complexity index is 672. The maximum atomic E-state index is 13.1. The van der Waals surface area contributed by atoms with E-state index in [9.17, 15) is 13.2 Å². The zero-order valence-electron chi connectivity index (χ0n) is 12.2. The number of hydrogen-bond acceptors (Lipinski definition) is 4. The first-order chi connectivity index (χ1) is 10.4. The molecule has 0 aromatic carbocycles. The molecule has 1 aliphatic carbocycles. The highest BCUT2D eigenvalue weighted by molar-refractivity contribution is 5.81. The third kappa shape index (κ3) is 2.46. The summed E-state index contributed by atoms with van der Waals surface area (Å²) in [5, 5.41) is 3.78. The van der Waals surface area contributed by atoms with E-state index in [-0.39, 0.29) is 11.3 Å². The molecular weight excluding hydrogens is 299 g/mol. The summed E-state index contributed by atoms with van der Waals surface area (Å²) in [5.41, 5.74) is -0.450. The molecule has 0 unspecified atom stereocenters. The van der Waals surface area contributed by atoms with E-state index in [0.29, 0.717) is 24.9 Å². The highest BCUT2D eigenvalue weighted by Crippen LogP contribution is 2.42. The van der Waals surface area contributed by atoms with E-state index in [0.717, 1.165) is 0 Å². The summed E-state index contributed by atoms with van der Waals surface area (Å²) < 4.78 is 51.2. The highest BCUT2D eigenvalue weighted by Gasteiger charge is 2.45. The standard InChI is InChI=1S/C14H16F3N3O2/c1-21-13(22-2)5-9(6-13)8-20-11-3-4-18-7-10(11)12(19-20)14(15,16)17/h3-4,7,9H,5-6,8H2,1-2H3. The van der Waals surface area contributed by atoms with Crippen LogP contribution in [0.2, 0.25) is 0 Å². The number of fused-ring (bicyclic) bond motifs is 1. The van der Waals surface area contributed by atoms with Crippen LogP contribution in [0.1, 0.15) is 18.5 Å². The molecule has 1 fully saturated rings. The van der Waals surface area contributed by atoms with Crippen LogP contribution in [0.25, 0.3) is 10.9 Å². The van der Waals surface area contributed by atoms with Gasteiger partial charge in [-0.25, -0.2) is 0 Å². The number of ether oxygens (including phenoxy) is 2. The molecule has 0 aliphatic heterocycles. The Hall–Kier alpha value is -1.67. The van der Waals surface area contributed by atoms with Crippen molar-refractivity contribution in [3.8, 4) is 0 Å². The molecule has 2 aromatic rings. The molecule has 120 valence electrons. The van der Waals surface area contributed by atoms with E-state index in [1.807, 2.05) is 0 Å². The summed E-state index contributed by atoms with van der Waals surface area (Å²) in [5.74, 6) is -0.445. The van der Waals surface area contributed by atoms with Crippen LogP contribution in [-0.4, -0.2) is 34.8 Å². The molecule has 8 heteroatoms. The Morgan fingerprint density at radius 3 is 2.59 bits per heavy atom. The minimum Gasteiger partial charge on any atom is -0.353 e. The number of alkyl halides is 3. The molecule has 2 heterocycles. The third-order valence-electron chi connectivity index (χ3n) is 4.19. The second-order valence-corrected chi connectivity index (χ2v) is 5.51. The number of nitrogens with zero attached hydrogens (tertiary/aromatic N) is 3. The van der Waals surface area contributed by atoms with Crippen molar-refractivity contribution in [1.82, 2.24) is 14.8 Å². The molecule has 2 aromatic heterocycles. The van der Waals surface area contributed by atoms with E-state index in [1.165, 1.54) is 17.1 Å². The average Bonchev–Trinajstić information content (AvgIpc) is 2.81. The van der Waals surface area contributed by atoms with Gasteiger partial charge in [0.1, 0.15) is 0 Å². The SMILES string of the molecule is COC1(OC)CC(Cn2nc(C(F)(F)F)c3cnccc32)C1. The molecule has 1 saturated carbocycles. The van der Waals surface area contributed by atoms with Gasteiger partial charge in [0, 0.05) is 46.0 Å². The number of pyridine rings is 1. The molecule has 0 radical (unpaired) electrons. The van der Waals surface area contributed by atoms with Gasteiger partial charge in [0.15, 0.2) is 11.5 Å². The van der Waals surface area contributed by atoms with Crippen molar-refractivity contribution in [1.29, 1.82) is 0 Å². The van der Waals surface area contributed by atoms with Gasteiger partial charge in [-0.1, -0.05) is 0 Å². The van der Waals surface area contributed by atoms with Gasteiger partial charge < -0.3 is 9.47 Å². The molecule has 5 nitrogen and oxygen atoms in total. The molecule has 0 saturated heterocycles. The molecule has 0 spiro atoms. The number of halogens is 3. The largest absolute Gasteiger partial charge is 0.435 e. The first-order valence-corrected chi connectivity index (χ1v) is 6.86. The van der Waals surface area contributed by atoms with Crippen LogP contribution in [-0.2, 0) is 22.2 Å². The van der Waals surface area contributed by atoms with Crippen LogP contribution in [0.3, 0.4) is 0 Å². The Labute approximate surface area is 125 Å². The Morgan fingerprint density at radius 1 is 1.32 bits per heavy atom. The topological polar surface area (TPSA) is 49.2 Å². The van der Waals surface area contributed by atoms with Gasteiger partial charge in [0.25, 0.3) is 0 Å². The van der Waals surface area contributed by atoms with Crippen molar-refractivity contribution in [2.75, 3.05) is 14.2 Å². The molecule has 1 aliphatic rings. The second-order valence-electron chi connectivity index (χ2n) is 5.51. The van der Waals surface area contributed by atoms with Crippen LogP contribution in [0.4, 0.5) is 13.2 Å². The molecule has 0 atom stereocenters. The van der Waals surface area contributed by atoms with Gasteiger partial charge in [-0.15, -0.1) is 0 Å². The zero-order valence-corrected chi connectivity index (χ0v) is 12.2. The van der Waals surface area contributed by atoms with E-state index < -0.39 is 17.7 Å². The van der Waals surface area contributed by atoms with Crippen LogP contribution in [0.5, 0.6) is 0 Å². The van der Waals surface area contributed by atoms with Crippen molar-refractivity contribution in [3.63, 3.8) is 0 Å². The maximum absolute atomic E-state index is 13.1. The Morgan fingerprint density at radius 2 is 2.00 bits per heavy atom. The lowest BCUT2D eigenvalue weighted by atomic mass is 9.78. The Balaban J connectivity index is 1.87. The van der Waals surface area contributed by atoms with E-state index >= 15 is 0 Å². The summed E-state index contributed by atoms with van der Waals surface area (Å²) in [4.78, 5) is 3.77. The van der Waals surface area contributed by atoms with Crippen molar-refractivity contribution >= 4 is 10.9 Å².